The largest absolute Gasteiger partial charge is 0.493 e. The summed E-state index contributed by atoms with van der Waals surface area (Å²) in [5.41, 5.74) is 6.87. The van der Waals surface area contributed by atoms with Gasteiger partial charge in [0, 0.05) is 11.6 Å². The number of amides is 1. The molecule has 1 amide bonds. The molecule has 0 atom stereocenters. The smallest absolute Gasteiger partial charge is 0.269 e. The Morgan fingerprint density at radius 3 is 2.54 bits per heavy atom. The molecule has 0 radical (unpaired) electrons. The standard InChI is InChI=1S/C21H25N3O3S/c1-26-19-13-16(11-12-18(19)27-14-15-7-3-2-4-8-15)20(25)23-24-21(28)22-17-9-5-6-10-17/h2-4,7-8,11-13,17H,5-6,9-10,14H2,1H3,(H,23,25)(H2,22,24,28). The highest BCUT2D eigenvalue weighted by Crippen LogP contribution is 2.28. The highest BCUT2D eigenvalue weighted by atomic mass is 32.1. The lowest BCUT2D eigenvalue weighted by atomic mass is 10.2. The molecule has 3 rings (SSSR count). The summed E-state index contributed by atoms with van der Waals surface area (Å²) < 4.78 is 11.2. The number of thiocarbonyl (C=S) groups is 1. The van der Waals surface area contributed by atoms with Crippen LogP contribution in [0.25, 0.3) is 0 Å². The summed E-state index contributed by atoms with van der Waals surface area (Å²) in [6, 6.07) is 15.3. The highest BCUT2D eigenvalue weighted by molar-refractivity contribution is 7.80. The van der Waals surface area contributed by atoms with Gasteiger partial charge in [-0.2, -0.15) is 0 Å². The number of hydrogen-bond donors (Lipinski definition) is 3. The Morgan fingerprint density at radius 1 is 1.07 bits per heavy atom. The Bertz CT molecular complexity index is 808. The van der Waals surface area contributed by atoms with Crippen molar-refractivity contribution in [3.63, 3.8) is 0 Å². The summed E-state index contributed by atoms with van der Waals surface area (Å²) in [6.45, 7) is 0.422. The van der Waals surface area contributed by atoms with E-state index in [-0.39, 0.29) is 5.91 Å². The minimum absolute atomic E-state index is 0.302. The first kappa shape index (κ1) is 19.9. The maximum atomic E-state index is 12.4. The van der Waals surface area contributed by atoms with Crippen LogP contribution in [0.3, 0.4) is 0 Å². The number of ether oxygens (including phenoxy) is 2. The van der Waals surface area contributed by atoms with Crippen LogP contribution in [0.1, 0.15) is 41.6 Å². The van der Waals surface area contributed by atoms with Crippen LogP contribution in [-0.4, -0.2) is 24.2 Å². The summed E-state index contributed by atoms with van der Waals surface area (Å²) in [5, 5.41) is 3.64. The van der Waals surface area contributed by atoms with Crippen molar-refractivity contribution in [2.24, 2.45) is 0 Å². The molecule has 0 aliphatic heterocycles. The van der Waals surface area contributed by atoms with Gasteiger partial charge < -0.3 is 14.8 Å². The second-order valence-electron chi connectivity index (χ2n) is 6.67. The van der Waals surface area contributed by atoms with Crippen molar-refractivity contribution in [2.75, 3.05) is 7.11 Å². The molecule has 28 heavy (non-hydrogen) atoms. The number of nitrogens with one attached hydrogen (secondary N) is 3. The summed E-state index contributed by atoms with van der Waals surface area (Å²) in [6.07, 6.45) is 4.64. The Morgan fingerprint density at radius 2 is 1.82 bits per heavy atom. The third-order valence-electron chi connectivity index (χ3n) is 4.64. The molecular weight excluding hydrogens is 374 g/mol. The molecule has 1 saturated carbocycles. The molecule has 7 heteroatoms. The van der Waals surface area contributed by atoms with Gasteiger partial charge in [0.05, 0.1) is 7.11 Å². The van der Waals surface area contributed by atoms with Crippen molar-refractivity contribution in [1.82, 2.24) is 16.2 Å². The molecule has 2 aromatic carbocycles. The number of hydrogen-bond acceptors (Lipinski definition) is 4. The van der Waals surface area contributed by atoms with E-state index in [1.54, 1.807) is 25.3 Å². The third-order valence-corrected chi connectivity index (χ3v) is 4.86. The Hall–Kier alpha value is -2.80. The van der Waals surface area contributed by atoms with Crippen molar-refractivity contribution in [2.45, 2.75) is 38.3 Å². The zero-order valence-corrected chi connectivity index (χ0v) is 16.7. The van der Waals surface area contributed by atoms with E-state index in [1.165, 1.54) is 12.8 Å². The molecule has 148 valence electrons. The molecule has 0 bridgehead atoms. The third kappa shape index (κ3) is 5.60. The number of carbonyl (C=O) groups excluding carboxylic acids is 1. The molecule has 0 aromatic heterocycles. The molecule has 0 saturated heterocycles. The molecule has 1 fully saturated rings. The van der Waals surface area contributed by atoms with Crippen LogP contribution in [0.2, 0.25) is 0 Å². The fraction of sp³-hybridized carbons (Fsp3) is 0.333. The molecule has 0 unspecified atom stereocenters. The van der Waals surface area contributed by atoms with E-state index in [1.807, 2.05) is 30.3 Å². The van der Waals surface area contributed by atoms with E-state index in [0.29, 0.717) is 34.8 Å². The van der Waals surface area contributed by atoms with E-state index >= 15 is 0 Å². The molecule has 2 aromatic rings. The van der Waals surface area contributed by atoms with Gasteiger partial charge in [0.15, 0.2) is 16.6 Å². The average Bonchev–Trinajstić information content (AvgIpc) is 3.24. The number of hydrazine groups is 1. The molecule has 1 aliphatic rings. The summed E-state index contributed by atoms with van der Waals surface area (Å²) in [5.74, 6) is 0.771. The minimum atomic E-state index is -0.302. The second-order valence-corrected chi connectivity index (χ2v) is 7.08. The highest BCUT2D eigenvalue weighted by Gasteiger charge is 2.16. The number of carbonyl (C=O) groups is 1. The first-order chi connectivity index (χ1) is 13.7. The van der Waals surface area contributed by atoms with Crippen LogP contribution >= 0.6 is 12.2 Å². The fourth-order valence-electron chi connectivity index (χ4n) is 3.14. The maximum Gasteiger partial charge on any atom is 0.269 e. The zero-order chi connectivity index (χ0) is 19.8. The van der Waals surface area contributed by atoms with Gasteiger partial charge in [-0.05, 0) is 48.8 Å². The van der Waals surface area contributed by atoms with E-state index in [2.05, 4.69) is 16.2 Å². The maximum absolute atomic E-state index is 12.4. The monoisotopic (exact) mass is 399 g/mol. The van der Waals surface area contributed by atoms with E-state index in [9.17, 15) is 4.79 Å². The lowest BCUT2D eigenvalue weighted by Gasteiger charge is -2.16. The molecular formula is C21H25N3O3S. The molecule has 3 N–H and O–H groups in total. The van der Waals surface area contributed by atoms with Crippen molar-refractivity contribution in [3.05, 3.63) is 59.7 Å². The molecule has 1 aliphatic carbocycles. The predicted octanol–water partition coefficient (Wildman–Crippen LogP) is 3.33. The van der Waals surface area contributed by atoms with Crippen LogP contribution in [0, 0.1) is 0 Å². The lowest BCUT2D eigenvalue weighted by Crippen LogP contribution is -2.49. The second kappa shape index (κ2) is 9.94. The predicted molar refractivity (Wildman–Crippen MR) is 112 cm³/mol. The van der Waals surface area contributed by atoms with E-state index in [4.69, 9.17) is 21.7 Å². The molecule has 6 nitrogen and oxygen atoms in total. The van der Waals surface area contributed by atoms with Crippen LogP contribution in [0.5, 0.6) is 11.5 Å². The topological polar surface area (TPSA) is 71.6 Å². The van der Waals surface area contributed by atoms with Gasteiger partial charge in [0.2, 0.25) is 0 Å². The van der Waals surface area contributed by atoms with Gasteiger partial charge in [0.25, 0.3) is 5.91 Å². The van der Waals surface area contributed by atoms with Gasteiger partial charge in [-0.3, -0.25) is 15.6 Å². The van der Waals surface area contributed by atoms with Crippen LogP contribution < -0.4 is 25.6 Å². The Kier molecular flexibility index (Phi) is 7.08. The fourth-order valence-corrected chi connectivity index (χ4v) is 3.36. The van der Waals surface area contributed by atoms with Crippen molar-refractivity contribution >= 4 is 23.2 Å². The zero-order valence-electron chi connectivity index (χ0n) is 15.9. The van der Waals surface area contributed by atoms with Crippen molar-refractivity contribution in [1.29, 1.82) is 0 Å². The molecule has 0 heterocycles. The van der Waals surface area contributed by atoms with Crippen LogP contribution in [-0.2, 0) is 6.61 Å². The van der Waals surface area contributed by atoms with Gasteiger partial charge in [-0.25, -0.2) is 0 Å². The van der Waals surface area contributed by atoms with Crippen molar-refractivity contribution < 1.29 is 14.3 Å². The van der Waals surface area contributed by atoms with Gasteiger partial charge in [-0.15, -0.1) is 0 Å². The lowest BCUT2D eigenvalue weighted by molar-refractivity contribution is 0.0943. The SMILES string of the molecule is COc1cc(C(=O)NNC(=S)NC2CCCC2)ccc1OCc1ccccc1. The normalized spacial score (nSPS) is 13.6. The first-order valence-electron chi connectivity index (χ1n) is 9.37. The first-order valence-corrected chi connectivity index (χ1v) is 9.78. The number of methoxy groups -OCH3 is 1. The summed E-state index contributed by atoms with van der Waals surface area (Å²) >= 11 is 5.23. The number of benzene rings is 2. The Balaban J connectivity index is 1.54. The van der Waals surface area contributed by atoms with Crippen LogP contribution in [0.4, 0.5) is 0 Å². The number of rotatable bonds is 6. The van der Waals surface area contributed by atoms with Gasteiger partial charge >= 0.3 is 0 Å². The average molecular weight is 400 g/mol. The van der Waals surface area contributed by atoms with Crippen LogP contribution in [0.15, 0.2) is 48.5 Å². The van der Waals surface area contributed by atoms with Crippen molar-refractivity contribution in [3.8, 4) is 11.5 Å². The van der Waals surface area contributed by atoms with E-state index < -0.39 is 0 Å². The summed E-state index contributed by atoms with van der Waals surface area (Å²) in [4.78, 5) is 12.4. The quantitative estimate of drug-likeness (QED) is 0.511. The molecule has 0 spiro atoms. The van der Waals surface area contributed by atoms with Gasteiger partial charge in [0.1, 0.15) is 6.61 Å². The summed E-state index contributed by atoms with van der Waals surface area (Å²) in [7, 11) is 1.55. The Labute approximate surface area is 170 Å². The van der Waals surface area contributed by atoms with Gasteiger partial charge in [-0.1, -0.05) is 43.2 Å². The van der Waals surface area contributed by atoms with E-state index in [0.717, 1.165) is 18.4 Å². The minimum Gasteiger partial charge on any atom is -0.493 e.